The standard InChI is InChI=1S/C34H45N3O2/c1-4-27(3)36(34(39)32(5-2)29-18-11-7-12-19-29)26-33(38)37(30-20-13-8-14-21-30)25-31-22-15-23-35(31)24-28-16-9-6-10-17-28/h6-7,9-12,15-19,22-23,27,30,32H,4-5,8,13-14,20-21,24-26H2,1-3H3. The maximum Gasteiger partial charge on any atom is 0.242 e. The minimum Gasteiger partial charge on any atom is -0.345 e. The van der Waals surface area contributed by atoms with E-state index in [1.165, 1.54) is 12.0 Å². The second-order valence-corrected chi connectivity index (χ2v) is 11.0. The normalized spacial score (nSPS) is 15.5. The molecule has 3 aromatic rings. The van der Waals surface area contributed by atoms with Crippen molar-refractivity contribution in [2.24, 2.45) is 0 Å². The summed E-state index contributed by atoms with van der Waals surface area (Å²) >= 11 is 0. The third-order valence-corrected chi connectivity index (χ3v) is 8.41. The van der Waals surface area contributed by atoms with Gasteiger partial charge in [0.1, 0.15) is 6.54 Å². The topological polar surface area (TPSA) is 45.6 Å². The molecule has 1 aliphatic rings. The van der Waals surface area contributed by atoms with Gasteiger partial charge in [-0.05, 0) is 55.9 Å². The van der Waals surface area contributed by atoms with Crippen LogP contribution in [0, 0.1) is 0 Å². The summed E-state index contributed by atoms with van der Waals surface area (Å²) < 4.78 is 2.25. The zero-order valence-electron chi connectivity index (χ0n) is 24.0. The Morgan fingerprint density at radius 1 is 0.872 bits per heavy atom. The number of carbonyl (C=O) groups is 2. The largest absolute Gasteiger partial charge is 0.345 e. The molecule has 39 heavy (non-hydrogen) atoms. The zero-order chi connectivity index (χ0) is 27.6. The average Bonchev–Trinajstić information content (AvgIpc) is 3.42. The predicted molar refractivity (Wildman–Crippen MR) is 158 cm³/mol. The van der Waals surface area contributed by atoms with Crippen LogP contribution >= 0.6 is 0 Å². The van der Waals surface area contributed by atoms with E-state index in [0.717, 1.165) is 49.9 Å². The Morgan fingerprint density at radius 3 is 2.18 bits per heavy atom. The minimum atomic E-state index is -0.237. The van der Waals surface area contributed by atoms with Gasteiger partial charge in [0.05, 0.1) is 12.5 Å². The Hall–Kier alpha value is -3.34. The van der Waals surface area contributed by atoms with Crippen LogP contribution in [0.15, 0.2) is 79.0 Å². The molecular formula is C34H45N3O2. The summed E-state index contributed by atoms with van der Waals surface area (Å²) in [5.41, 5.74) is 3.40. The third kappa shape index (κ3) is 7.40. The highest BCUT2D eigenvalue weighted by atomic mass is 16.2. The minimum absolute atomic E-state index is 0.00522. The highest BCUT2D eigenvalue weighted by Crippen LogP contribution is 2.27. The Balaban J connectivity index is 1.57. The number of aromatic nitrogens is 1. The van der Waals surface area contributed by atoms with Crippen LogP contribution in [0.1, 0.15) is 88.5 Å². The van der Waals surface area contributed by atoms with E-state index < -0.39 is 0 Å². The molecule has 208 valence electrons. The fourth-order valence-electron chi connectivity index (χ4n) is 5.86. The molecule has 2 unspecified atom stereocenters. The second-order valence-electron chi connectivity index (χ2n) is 11.0. The number of nitrogens with zero attached hydrogens (tertiary/aromatic N) is 3. The number of benzene rings is 2. The van der Waals surface area contributed by atoms with Crippen LogP contribution in [0.25, 0.3) is 0 Å². The fraction of sp³-hybridized carbons (Fsp3) is 0.471. The summed E-state index contributed by atoms with van der Waals surface area (Å²) in [6, 6.07) is 24.9. The SMILES string of the molecule is CCC(C(=O)N(CC(=O)N(Cc1cccn1Cc1ccccc1)C1CCCCC1)C(C)CC)c1ccccc1. The van der Waals surface area contributed by atoms with E-state index in [2.05, 4.69) is 72.8 Å². The van der Waals surface area contributed by atoms with Crippen LogP contribution in [0.2, 0.25) is 0 Å². The van der Waals surface area contributed by atoms with Crippen LogP contribution in [-0.4, -0.2) is 44.8 Å². The lowest BCUT2D eigenvalue weighted by Crippen LogP contribution is -2.50. The molecule has 1 saturated carbocycles. The highest BCUT2D eigenvalue weighted by molar-refractivity contribution is 5.89. The summed E-state index contributed by atoms with van der Waals surface area (Å²) in [5, 5.41) is 0. The van der Waals surface area contributed by atoms with Gasteiger partial charge in [0.15, 0.2) is 0 Å². The molecule has 1 fully saturated rings. The molecule has 0 N–H and O–H groups in total. The van der Waals surface area contributed by atoms with Crippen LogP contribution in [-0.2, 0) is 22.7 Å². The van der Waals surface area contributed by atoms with Crippen molar-refractivity contribution in [2.45, 2.75) is 96.8 Å². The maximum absolute atomic E-state index is 14.1. The zero-order valence-corrected chi connectivity index (χ0v) is 24.0. The van der Waals surface area contributed by atoms with Gasteiger partial charge < -0.3 is 14.4 Å². The van der Waals surface area contributed by atoms with Crippen molar-refractivity contribution in [3.8, 4) is 0 Å². The van der Waals surface area contributed by atoms with Gasteiger partial charge in [-0.3, -0.25) is 9.59 Å². The van der Waals surface area contributed by atoms with E-state index in [1.54, 1.807) is 0 Å². The van der Waals surface area contributed by atoms with Crippen LogP contribution in [0.3, 0.4) is 0 Å². The average molecular weight is 528 g/mol. The Labute approximate surface area is 234 Å². The summed E-state index contributed by atoms with van der Waals surface area (Å²) in [7, 11) is 0. The molecule has 1 heterocycles. The molecule has 1 aromatic heterocycles. The Bertz CT molecular complexity index is 1170. The van der Waals surface area contributed by atoms with Crippen molar-refractivity contribution >= 4 is 11.8 Å². The molecule has 5 nitrogen and oxygen atoms in total. The van der Waals surface area contributed by atoms with Gasteiger partial charge in [-0.1, -0.05) is 93.8 Å². The molecule has 0 saturated heterocycles. The van der Waals surface area contributed by atoms with Crippen LogP contribution < -0.4 is 0 Å². The summed E-state index contributed by atoms with van der Waals surface area (Å²) in [5.74, 6) is -0.118. The van der Waals surface area contributed by atoms with Gasteiger partial charge in [-0.25, -0.2) is 0 Å². The summed E-state index contributed by atoms with van der Waals surface area (Å²) in [4.78, 5) is 32.0. The Morgan fingerprint density at radius 2 is 1.54 bits per heavy atom. The van der Waals surface area contributed by atoms with E-state index >= 15 is 0 Å². The van der Waals surface area contributed by atoms with Crippen molar-refractivity contribution in [3.05, 3.63) is 95.8 Å². The second kappa shape index (κ2) is 14.2. The van der Waals surface area contributed by atoms with E-state index in [-0.39, 0.29) is 36.4 Å². The van der Waals surface area contributed by atoms with Gasteiger partial charge in [0.25, 0.3) is 0 Å². The molecule has 2 atom stereocenters. The number of hydrogen-bond acceptors (Lipinski definition) is 2. The third-order valence-electron chi connectivity index (χ3n) is 8.41. The first kappa shape index (κ1) is 28.7. The van der Waals surface area contributed by atoms with E-state index in [4.69, 9.17) is 0 Å². The molecule has 0 radical (unpaired) electrons. The first-order valence-electron chi connectivity index (χ1n) is 14.8. The lowest BCUT2D eigenvalue weighted by atomic mass is 9.93. The van der Waals surface area contributed by atoms with Gasteiger partial charge in [-0.2, -0.15) is 0 Å². The Kier molecular flexibility index (Phi) is 10.4. The van der Waals surface area contributed by atoms with Crippen molar-refractivity contribution in [3.63, 3.8) is 0 Å². The van der Waals surface area contributed by atoms with Crippen molar-refractivity contribution < 1.29 is 9.59 Å². The molecule has 2 aromatic carbocycles. The number of amides is 2. The smallest absolute Gasteiger partial charge is 0.242 e. The quantitative estimate of drug-likeness (QED) is 0.254. The lowest BCUT2D eigenvalue weighted by molar-refractivity contribution is -0.145. The van der Waals surface area contributed by atoms with Gasteiger partial charge in [-0.15, -0.1) is 0 Å². The first-order chi connectivity index (χ1) is 19.0. The van der Waals surface area contributed by atoms with Gasteiger partial charge >= 0.3 is 0 Å². The molecule has 0 aliphatic heterocycles. The molecule has 1 aliphatic carbocycles. The van der Waals surface area contributed by atoms with Crippen LogP contribution in [0.5, 0.6) is 0 Å². The summed E-state index contributed by atoms with van der Waals surface area (Å²) in [6.45, 7) is 7.70. The summed E-state index contributed by atoms with van der Waals surface area (Å²) in [6.07, 6.45) is 9.23. The highest BCUT2D eigenvalue weighted by Gasteiger charge is 2.32. The molecular weight excluding hydrogens is 482 g/mol. The lowest BCUT2D eigenvalue weighted by Gasteiger charge is -2.38. The van der Waals surface area contributed by atoms with E-state index in [0.29, 0.717) is 13.0 Å². The van der Waals surface area contributed by atoms with Crippen LogP contribution in [0.4, 0.5) is 0 Å². The predicted octanol–water partition coefficient (Wildman–Crippen LogP) is 7.02. The number of carbonyl (C=O) groups excluding carboxylic acids is 2. The van der Waals surface area contributed by atoms with Gasteiger partial charge in [0.2, 0.25) is 11.8 Å². The molecule has 0 spiro atoms. The number of rotatable bonds is 12. The van der Waals surface area contributed by atoms with Crippen molar-refractivity contribution in [1.82, 2.24) is 14.4 Å². The molecule has 0 bridgehead atoms. The fourth-order valence-corrected chi connectivity index (χ4v) is 5.86. The van der Waals surface area contributed by atoms with E-state index in [1.807, 2.05) is 41.3 Å². The molecule has 5 heteroatoms. The van der Waals surface area contributed by atoms with E-state index in [9.17, 15) is 9.59 Å². The van der Waals surface area contributed by atoms with Gasteiger partial charge in [0, 0.05) is 30.5 Å². The first-order valence-corrected chi connectivity index (χ1v) is 14.8. The van der Waals surface area contributed by atoms with Crippen molar-refractivity contribution in [2.75, 3.05) is 6.54 Å². The molecule has 2 amide bonds. The maximum atomic E-state index is 14.1. The van der Waals surface area contributed by atoms with Crippen molar-refractivity contribution in [1.29, 1.82) is 0 Å². The monoisotopic (exact) mass is 527 g/mol. The number of hydrogen-bond donors (Lipinski definition) is 0. The molecule has 4 rings (SSSR count).